The number of alkyl carbamates (subject to hydrolysis) is 1. The van der Waals surface area contributed by atoms with E-state index in [2.05, 4.69) is 12.2 Å². The summed E-state index contributed by atoms with van der Waals surface area (Å²) in [7, 11) is 0. The van der Waals surface area contributed by atoms with Crippen molar-refractivity contribution in [3.63, 3.8) is 0 Å². The van der Waals surface area contributed by atoms with Gasteiger partial charge in [-0.25, -0.2) is 9.59 Å². The number of aliphatic carboxylic acids is 1. The maximum Gasteiger partial charge on any atom is 0.408 e. The van der Waals surface area contributed by atoms with Crippen LogP contribution in [0.4, 0.5) is 4.79 Å². The number of hydrogen-bond acceptors (Lipinski definition) is 3. The molecule has 1 fully saturated rings. The minimum Gasteiger partial charge on any atom is -0.480 e. The molecule has 0 aromatic rings. The highest BCUT2D eigenvalue weighted by Crippen LogP contribution is 2.28. The molecule has 0 bridgehead atoms. The molecule has 5 nitrogen and oxygen atoms in total. The van der Waals surface area contributed by atoms with Crippen LogP contribution >= 0.6 is 0 Å². The molecule has 1 aliphatic rings. The molecule has 116 valence electrons. The van der Waals surface area contributed by atoms with Crippen LogP contribution in [0.1, 0.15) is 59.3 Å². The van der Waals surface area contributed by atoms with Crippen LogP contribution < -0.4 is 5.32 Å². The van der Waals surface area contributed by atoms with Crippen LogP contribution in [0.2, 0.25) is 0 Å². The van der Waals surface area contributed by atoms with Gasteiger partial charge in [0.2, 0.25) is 0 Å². The summed E-state index contributed by atoms with van der Waals surface area (Å²) in [5, 5.41) is 11.5. The molecule has 1 amide bonds. The Bertz CT molecular complexity index is 322. The fraction of sp³-hybridized carbons (Fsp3) is 0.867. The normalized spacial score (nSPS) is 24.2. The van der Waals surface area contributed by atoms with Gasteiger partial charge in [0.1, 0.15) is 12.1 Å². The van der Waals surface area contributed by atoms with E-state index in [1.165, 1.54) is 6.42 Å². The smallest absolute Gasteiger partial charge is 0.408 e. The van der Waals surface area contributed by atoms with Crippen LogP contribution in [0.5, 0.6) is 0 Å². The summed E-state index contributed by atoms with van der Waals surface area (Å²) in [5.74, 6) is -0.0626. The Morgan fingerprint density at radius 1 is 1.25 bits per heavy atom. The second kappa shape index (κ2) is 8.12. The Morgan fingerprint density at radius 2 is 1.85 bits per heavy atom. The fourth-order valence-electron chi connectivity index (χ4n) is 2.68. The first kappa shape index (κ1) is 16.8. The third kappa shape index (κ3) is 5.80. The first-order valence-electron chi connectivity index (χ1n) is 7.62. The van der Waals surface area contributed by atoms with Crippen LogP contribution in [0, 0.1) is 11.8 Å². The van der Waals surface area contributed by atoms with Gasteiger partial charge < -0.3 is 15.2 Å². The monoisotopic (exact) mass is 285 g/mol. The number of amides is 1. The van der Waals surface area contributed by atoms with Crippen LogP contribution in [0.25, 0.3) is 0 Å². The second-order valence-electron chi connectivity index (χ2n) is 6.12. The first-order valence-corrected chi connectivity index (χ1v) is 7.62. The van der Waals surface area contributed by atoms with Crippen molar-refractivity contribution in [1.82, 2.24) is 5.32 Å². The van der Waals surface area contributed by atoms with Crippen LogP contribution in [-0.4, -0.2) is 29.3 Å². The van der Waals surface area contributed by atoms with Crippen molar-refractivity contribution < 1.29 is 19.4 Å². The maximum atomic E-state index is 11.8. The van der Waals surface area contributed by atoms with E-state index in [0.29, 0.717) is 6.42 Å². The van der Waals surface area contributed by atoms with Gasteiger partial charge in [0.25, 0.3) is 0 Å². The number of carbonyl (C=O) groups excluding carboxylic acids is 1. The van der Waals surface area contributed by atoms with E-state index in [0.717, 1.165) is 31.6 Å². The average Bonchev–Trinajstić information content (AvgIpc) is 2.38. The van der Waals surface area contributed by atoms with Crippen LogP contribution in [-0.2, 0) is 9.53 Å². The van der Waals surface area contributed by atoms with Crippen LogP contribution in [0.15, 0.2) is 0 Å². The molecule has 0 heterocycles. The van der Waals surface area contributed by atoms with Crippen molar-refractivity contribution in [1.29, 1.82) is 0 Å². The highest BCUT2D eigenvalue weighted by molar-refractivity contribution is 5.79. The van der Waals surface area contributed by atoms with Crippen LogP contribution in [0.3, 0.4) is 0 Å². The molecule has 1 saturated carbocycles. The van der Waals surface area contributed by atoms with Gasteiger partial charge in [0, 0.05) is 0 Å². The van der Waals surface area contributed by atoms with Gasteiger partial charge in [0.15, 0.2) is 0 Å². The van der Waals surface area contributed by atoms with E-state index in [4.69, 9.17) is 9.84 Å². The second-order valence-corrected chi connectivity index (χ2v) is 6.12. The Kier molecular flexibility index (Phi) is 6.82. The van der Waals surface area contributed by atoms with E-state index in [-0.39, 0.29) is 12.0 Å². The number of nitrogens with one attached hydrogen (secondary N) is 1. The van der Waals surface area contributed by atoms with Gasteiger partial charge in [-0.05, 0) is 43.9 Å². The predicted octanol–water partition coefficient (Wildman–Crippen LogP) is 3.18. The Hall–Kier alpha value is -1.26. The highest BCUT2D eigenvalue weighted by Gasteiger charge is 2.26. The molecule has 1 atom stereocenters. The molecule has 1 rings (SSSR count). The van der Waals surface area contributed by atoms with Gasteiger partial charge in [-0.3, -0.25) is 0 Å². The predicted molar refractivity (Wildman–Crippen MR) is 76.5 cm³/mol. The summed E-state index contributed by atoms with van der Waals surface area (Å²) in [6, 6.07) is -0.866. The average molecular weight is 285 g/mol. The number of rotatable bonds is 6. The topological polar surface area (TPSA) is 75.6 Å². The first-order chi connectivity index (χ1) is 9.42. The van der Waals surface area contributed by atoms with Gasteiger partial charge >= 0.3 is 12.1 Å². The molecular weight excluding hydrogens is 258 g/mol. The fourth-order valence-corrected chi connectivity index (χ4v) is 2.68. The molecule has 0 aliphatic heterocycles. The maximum absolute atomic E-state index is 11.8. The van der Waals surface area contributed by atoms with Crippen molar-refractivity contribution in [2.24, 2.45) is 11.8 Å². The summed E-state index contributed by atoms with van der Waals surface area (Å²) < 4.78 is 5.33. The lowest BCUT2D eigenvalue weighted by Crippen LogP contribution is -2.43. The zero-order valence-electron chi connectivity index (χ0n) is 12.7. The molecule has 1 aliphatic carbocycles. The number of carboxylic acids is 1. The lowest BCUT2D eigenvalue weighted by Gasteiger charge is -2.28. The number of ether oxygens (including phenoxy) is 1. The number of carbonyl (C=O) groups is 2. The Labute approximate surface area is 121 Å². The molecule has 0 unspecified atom stereocenters. The molecular formula is C15H27NO4. The van der Waals surface area contributed by atoms with Crippen molar-refractivity contribution >= 4 is 12.1 Å². The van der Waals surface area contributed by atoms with E-state index in [1.54, 1.807) is 0 Å². The summed E-state index contributed by atoms with van der Waals surface area (Å²) >= 11 is 0. The highest BCUT2D eigenvalue weighted by atomic mass is 16.6. The van der Waals surface area contributed by atoms with Gasteiger partial charge in [-0.15, -0.1) is 0 Å². The Balaban J connectivity index is 2.36. The summed E-state index contributed by atoms with van der Waals surface area (Å²) in [5.41, 5.74) is 0. The molecule has 0 spiro atoms. The summed E-state index contributed by atoms with van der Waals surface area (Å²) in [6.07, 6.45) is 4.86. The zero-order chi connectivity index (χ0) is 15.1. The molecule has 0 saturated heterocycles. The molecule has 0 aromatic carbocycles. The SMILES string of the molecule is CCC1CCC(OC(=O)N[C@@H](CC(C)C)C(=O)O)CC1. The molecule has 2 N–H and O–H groups in total. The minimum atomic E-state index is -1.01. The molecule has 0 radical (unpaired) electrons. The van der Waals surface area contributed by atoms with E-state index < -0.39 is 18.1 Å². The molecule has 0 aromatic heterocycles. The van der Waals surface area contributed by atoms with Crippen molar-refractivity contribution in [2.75, 3.05) is 0 Å². The third-order valence-corrected chi connectivity index (χ3v) is 3.94. The lowest BCUT2D eigenvalue weighted by molar-refractivity contribution is -0.139. The molecule has 20 heavy (non-hydrogen) atoms. The van der Waals surface area contributed by atoms with E-state index >= 15 is 0 Å². The quantitative estimate of drug-likeness (QED) is 0.786. The van der Waals surface area contributed by atoms with Crippen molar-refractivity contribution in [3.8, 4) is 0 Å². The van der Waals surface area contributed by atoms with E-state index in [1.807, 2.05) is 13.8 Å². The summed E-state index contributed by atoms with van der Waals surface area (Å²) in [6.45, 7) is 6.03. The van der Waals surface area contributed by atoms with Gasteiger partial charge in [-0.2, -0.15) is 0 Å². The van der Waals surface area contributed by atoms with Crippen molar-refractivity contribution in [3.05, 3.63) is 0 Å². The Morgan fingerprint density at radius 3 is 2.30 bits per heavy atom. The number of carboxylic acid groups (broad SMARTS) is 1. The lowest BCUT2D eigenvalue weighted by atomic mass is 9.86. The largest absolute Gasteiger partial charge is 0.480 e. The van der Waals surface area contributed by atoms with Gasteiger partial charge in [-0.1, -0.05) is 27.2 Å². The number of hydrogen-bond donors (Lipinski definition) is 2. The molecule has 5 heteroatoms. The van der Waals surface area contributed by atoms with Gasteiger partial charge in [0.05, 0.1) is 0 Å². The zero-order valence-corrected chi connectivity index (χ0v) is 12.7. The standard InChI is InChI=1S/C15H27NO4/c1-4-11-5-7-12(8-6-11)20-15(19)16-13(14(17)18)9-10(2)3/h10-13H,4-9H2,1-3H3,(H,16,19)(H,17,18)/t11?,12?,13-/m0/s1. The van der Waals surface area contributed by atoms with E-state index in [9.17, 15) is 9.59 Å². The summed E-state index contributed by atoms with van der Waals surface area (Å²) in [4.78, 5) is 22.8. The minimum absolute atomic E-state index is 0.0636. The third-order valence-electron chi connectivity index (χ3n) is 3.94. The van der Waals surface area contributed by atoms with Crippen molar-refractivity contribution in [2.45, 2.75) is 71.4 Å².